The van der Waals surface area contributed by atoms with E-state index in [9.17, 15) is 4.79 Å². The number of rotatable bonds is 4. The van der Waals surface area contributed by atoms with Crippen molar-refractivity contribution in [3.05, 3.63) is 53.3 Å². The van der Waals surface area contributed by atoms with Crippen LogP contribution in [0.15, 0.2) is 36.6 Å². The molecule has 0 saturated heterocycles. The first kappa shape index (κ1) is 14.4. The Morgan fingerprint density at radius 2 is 2.21 bits per heavy atom. The molecule has 0 spiro atoms. The smallest absolute Gasteiger partial charge is 0.335 e. The van der Waals surface area contributed by atoms with Gasteiger partial charge in [0, 0.05) is 17.7 Å². The van der Waals surface area contributed by atoms with Gasteiger partial charge in [-0.15, -0.1) is 0 Å². The van der Waals surface area contributed by atoms with Crippen molar-refractivity contribution in [2.75, 3.05) is 7.11 Å². The second-order valence-electron chi connectivity index (χ2n) is 3.81. The van der Waals surface area contributed by atoms with Crippen molar-refractivity contribution in [3.8, 4) is 12.0 Å². The molecular weight excluding hydrogens is 242 g/mol. The van der Waals surface area contributed by atoms with E-state index < -0.39 is 5.97 Å². The van der Waals surface area contributed by atoms with Crippen molar-refractivity contribution in [2.24, 2.45) is 5.73 Å². The molecule has 0 amide bonds. The zero-order valence-electron chi connectivity index (χ0n) is 10.9. The molecule has 0 radical (unpaired) electrons. The Morgan fingerprint density at radius 3 is 2.68 bits per heavy atom. The Morgan fingerprint density at radius 1 is 1.53 bits per heavy atom. The highest BCUT2D eigenvalue weighted by Gasteiger charge is 2.11. The number of benzene rings is 1. The zero-order valence-corrected chi connectivity index (χ0v) is 10.9. The number of nitrogens with two attached hydrogens (primary N) is 1. The molecule has 98 valence electrons. The first-order valence-corrected chi connectivity index (χ1v) is 5.50. The number of hydrogen-bond donors (Lipinski definition) is 2. The van der Waals surface area contributed by atoms with Gasteiger partial charge in [0.1, 0.15) is 5.76 Å². The standard InChI is InChI=1S/C15H15NO3/c1-10-9-12(15(17)18)6-7-13(10)14(5-4-8-16)11(2)19-3/h5-7,9H,2,16H2,1,3H3,(H,17,18)/b14-5+. The lowest BCUT2D eigenvalue weighted by Crippen LogP contribution is -2.00. The van der Waals surface area contributed by atoms with Crippen LogP contribution in [0.2, 0.25) is 0 Å². The fourth-order valence-corrected chi connectivity index (χ4v) is 1.63. The van der Waals surface area contributed by atoms with Crippen LogP contribution in [0, 0.1) is 18.9 Å². The highest BCUT2D eigenvalue weighted by molar-refractivity contribution is 5.89. The summed E-state index contributed by atoms with van der Waals surface area (Å²) in [7, 11) is 1.51. The molecule has 0 unspecified atom stereocenters. The van der Waals surface area contributed by atoms with Crippen LogP contribution in [0.25, 0.3) is 5.57 Å². The van der Waals surface area contributed by atoms with Gasteiger partial charge in [0.15, 0.2) is 0 Å². The lowest BCUT2D eigenvalue weighted by atomic mass is 9.97. The molecule has 0 aliphatic rings. The van der Waals surface area contributed by atoms with E-state index in [1.165, 1.54) is 13.2 Å². The van der Waals surface area contributed by atoms with Crippen LogP contribution in [-0.2, 0) is 4.74 Å². The first-order valence-electron chi connectivity index (χ1n) is 5.50. The first-order chi connectivity index (χ1) is 9.01. The molecule has 4 nitrogen and oxygen atoms in total. The summed E-state index contributed by atoms with van der Waals surface area (Å²) in [6, 6.07) is 7.09. The third-order valence-corrected chi connectivity index (χ3v) is 2.61. The molecule has 19 heavy (non-hydrogen) atoms. The van der Waals surface area contributed by atoms with Crippen LogP contribution in [0.3, 0.4) is 0 Å². The van der Waals surface area contributed by atoms with Crippen LogP contribution >= 0.6 is 0 Å². The summed E-state index contributed by atoms with van der Waals surface area (Å²) in [6.45, 7) is 5.60. The van der Waals surface area contributed by atoms with E-state index in [0.717, 1.165) is 11.1 Å². The molecule has 0 aliphatic carbocycles. The summed E-state index contributed by atoms with van der Waals surface area (Å²) >= 11 is 0. The lowest BCUT2D eigenvalue weighted by Gasteiger charge is -2.12. The second-order valence-corrected chi connectivity index (χ2v) is 3.81. The summed E-state index contributed by atoms with van der Waals surface area (Å²) in [4.78, 5) is 10.9. The Bertz CT molecular complexity index is 604. The van der Waals surface area contributed by atoms with Gasteiger partial charge in [-0.05, 0) is 30.2 Å². The molecule has 3 N–H and O–H groups in total. The predicted octanol–water partition coefficient (Wildman–Crippen LogP) is 2.16. The number of hydrogen-bond acceptors (Lipinski definition) is 3. The van der Waals surface area contributed by atoms with Gasteiger partial charge in [0.25, 0.3) is 0 Å². The van der Waals surface area contributed by atoms with Gasteiger partial charge in [0.2, 0.25) is 0 Å². The Balaban J connectivity index is 3.34. The molecule has 0 saturated carbocycles. The lowest BCUT2D eigenvalue weighted by molar-refractivity contribution is 0.0697. The van der Waals surface area contributed by atoms with E-state index in [4.69, 9.17) is 15.6 Å². The summed E-state index contributed by atoms with van der Waals surface area (Å²) in [5.41, 5.74) is 7.65. The van der Waals surface area contributed by atoms with Crippen molar-refractivity contribution in [1.29, 1.82) is 0 Å². The van der Waals surface area contributed by atoms with Crippen molar-refractivity contribution in [2.45, 2.75) is 6.92 Å². The van der Waals surface area contributed by atoms with Gasteiger partial charge >= 0.3 is 5.97 Å². The fraction of sp³-hybridized carbons (Fsp3) is 0.133. The third-order valence-electron chi connectivity index (χ3n) is 2.61. The van der Waals surface area contributed by atoms with Crippen molar-refractivity contribution in [1.82, 2.24) is 0 Å². The van der Waals surface area contributed by atoms with Crippen molar-refractivity contribution in [3.63, 3.8) is 0 Å². The third kappa shape index (κ3) is 3.39. The number of carbonyl (C=O) groups is 1. The van der Waals surface area contributed by atoms with Gasteiger partial charge in [-0.3, -0.25) is 0 Å². The monoisotopic (exact) mass is 257 g/mol. The van der Waals surface area contributed by atoms with Gasteiger partial charge in [-0.1, -0.05) is 18.6 Å². The van der Waals surface area contributed by atoms with Crippen LogP contribution in [0.1, 0.15) is 21.5 Å². The molecule has 0 aliphatic heterocycles. The maximum atomic E-state index is 10.9. The van der Waals surface area contributed by atoms with Crippen LogP contribution in [-0.4, -0.2) is 18.2 Å². The van der Waals surface area contributed by atoms with E-state index in [2.05, 4.69) is 18.5 Å². The number of aromatic carboxylic acids is 1. The highest BCUT2D eigenvalue weighted by Crippen LogP contribution is 2.26. The fourth-order valence-electron chi connectivity index (χ4n) is 1.63. The SMILES string of the molecule is C=C(OC)/C(=C\C#CN)c1ccc(C(=O)O)cc1C. The van der Waals surface area contributed by atoms with Gasteiger partial charge in [-0.25, -0.2) is 4.79 Å². The second kappa shape index (κ2) is 6.31. The quantitative estimate of drug-likeness (QED) is 0.375. The number of methoxy groups -OCH3 is 1. The molecule has 0 atom stereocenters. The number of ether oxygens (including phenoxy) is 1. The summed E-state index contributed by atoms with van der Waals surface area (Å²) in [6.07, 6.45) is 1.59. The molecule has 1 aromatic carbocycles. The molecule has 1 rings (SSSR count). The number of carboxylic acids is 1. The maximum absolute atomic E-state index is 10.9. The number of carboxylic acid groups (broad SMARTS) is 1. The van der Waals surface area contributed by atoms with E-state index >= 15 is 0 Å². The van der Waals surface area contributed by atoms with Gasteiger partial charge in [0.05, 0.1) is 12.7 Å². The largest absolute Gasteiger partial charge is 0.497 e. The summed E-state index contributed by atoms with van der Waals surface area (Å²) in [5, 5.41) is 8.94. The normalized spacial score (nSPS) is 10.3. The molecule has 1 aromatic rings. The van der Waals surface area contributed by atoms with Crippen molar-refractivity contribution >= 4 is 11.5 Å². The van der Waals surface area contributed by atoms with Crippen LogP contribution in [0.4, 0.5) is 0 Å². The topological polar surface area (TPSA) is 72.5 Å². The van der Waals surface area contributed by atoms with Crippen LogP contribution < -0.4 is 5.73 Å². The predicted molar refractivity (Wildman–Crippen MR) is 74.2 cm³/mol. The molecular formula is C15H15NO3. The van der Waals surface area contributed by atoms with Crippen LogP contribution in [0.5, 0.6) is 0 Å². The van der Waals surface area contributed by atoms with E-state index in [1.54, 1.807) is 18.2 Å². The van der Waals surface area contributed by atoms with Crippen molar-refractivity contribution < 1.29 is 14.6 Å². The van der Waals surface area contributed by atoms with Gasteiger partial charge < -0.3 is 15.6 Å². The van der Waals surface area contributed by atoms with E-state index in [0.29, 0.717) is 11.3 Å². The minimum atomic E-state index is -0.965. The van der Waals surface area contributed by atoms with E-state index in [1.807, 2.05) is 6.92 Å². The average molecular weight is 257 g/mol. The minimum absolute atomic E-state index is 0.230. The molecule has 0 fully saturated rings. The highest BCUT2D eigenvalue weighted by atomic mass is 16.5. The summed E-state index contributed by atoms with van der Waals surface area (Å²) in [5.74, 6) is 2.11. The Hall–Kier alpha value is -2.67. The van der Waals surface area contributed by atoms with E-state index in [-0.39, 0.29) is 5.56 Å². The Kier molecular flexibility index (Phi) is 4.78. The zero-order chi connectivity index (χ0) is 14.4. The molecule has 0 heterocycles. The average Bonchev–Trinajstić information content (AvgIpc) is 2.39. The molecule has 0 bridgehead atoms. The summed E-state index contributed by atoms with van der Waals surface area (Å²) < 4.78 is 5.11. The number of aryl methyl sites for hydroxylation is 1. The molecule has 0 aromatic heterocycles. The number of allylic oxidation sites excluding steroid dienone is 2. The Labute approximate surface area is 112 Å². The molecule has 4 heteroatoms. The van der Waals surface area contributed by atoms with Gasteiger partial charge in [-0.2, -0.15) is 0 Å². The minimum Gasteiger partial charge on any atom is -0.497 e. The maximum Gasteiger partial charge on any atom is 0.335 e.